The van der Waals surface area contributed by atoms with E-state index in [1.807, 2.05) is 12.1 Å². The number of rotatable bonds is 3. The predicted molar refractivity (Wildman–Crippen MR) is 70.2 cm³/mol. The second kappa shape index (κ2) is 5.34. The molecule has 2 nitrogen and oxygen atoms in total. The highest BCUT2D eigenvalue weighted by Crippen LogP contribution is 2.29. The van der Waals surface area contributed by atoms with Crippen LogP contribution in [0.5, 0.6) is 0 Å². The van der Waals surface area contributed by atoms with Gasteiger partial charge in [0.15, 0.2) is 0 Å². The first-order chi connectivity index (χ1) is 8.19. The molecule has 1 aromatic heterocycles. The molecule has 0 aliphatic heterocycles. The van der Waals surface area contributed by atoms with Gasteiger partial charge in [0, 0.05) is 11.1 Å². The lowest BCUT2D eigenvalue weighted by Crippen LogP contribution is -1.87. The lowest BCUT2D eigenvalue weighted by Gasteiger charge is -2.06. The van der Waals surface area contributed by atoms with Gasteiger partial charge >= 0.3 is 0 Å². The van der Waals surface area contributed by atoms with E-state index in [1.165, 1.54) is 16.0 Å². The van der Waals surface area contributed by atoms with Gasteiger partial charge < -0.3 is 5.11 Å². The predicted octanol–water partition coefficient (Wildman–Crippen LogP) is 3.34. The summed E-state index contributed by atoms with van der Waals surface area (Å²) in [5.41, 5.74) is 3.38. The summed E-state index contributed by atoms with van der Waals surface area (Å²) in [5.74, 6) is 0. The Bertz CT molecular complexity index is 508. The van der Waals surface area contributed by atoms with Crippen LogP contribution in [0.3, 0.4) is 0 Å². The molecular formula is C14H15NOS. The molecule has 0 fully saturated rings. The Morgan fingerprint density at radius 1 is 1.18 bits per heavy atom. The van der Waals surface area contributed by atoms with E-state index in [0.29, 0.717) is 0 Å². The average molecular weight is 245 g/mol. The molecule has 2 aromatic rings. The van der Waals surface area contributed by atoms with Gasteiger partial charge in [-0.25, -0.2) is 4.98 Å². The summed E-state index contributed by atoms with van der Waals surface area (Å²) >= 11 is 1.65. The topological polar surface area (TPSA) is 33.1 Å². The average Bonchev–Trinajstić information content (AvgIpc) is 2.34. The van der Waals surface area contributed by atoms with Crippen molar-refractivity contribution in [1.82, 2.24) is 4.98 Å². The molecule has 1 heterocycles. The number of aliphatic hydroxyl groups excluding tert-OH is 1. The number of aliphatic hydroxyl groups is 1. The number of nitrogens with zero attached hydrogens (tertiary/aromatic N) is 1. The van der Waals surface area contributed by atoms with Crippen LogP contribution >= 0.6 is 11.8 Å². The molecular weight excluding hydrogens is 230 g/mol. The molecule has 1 aromatic carbocycles. The molecule has 0 unspecified atom stereocenters. The molecule has 0 aliphatic rings. The minimum atomic E-state index is 0.0432. The molecule has 2 rings (SSSR count). The van der Waals surface area contributed by atoms with E-state index in [2.05, 4.69) is 37.0 Å². The monoisotopic (exact) mass is 245 g/mol. The van der Waals surface area contributed by atoms with Gasteiger partial charge in [0.25, 0.3) is 0 Å². The van der Waals surface area contributed by atoms with E-state index in [0.717, 1.165) is 10.6 Å². The van der Waals surface area contributed by atoms with Crippen molar-refractivity contribution in [3.05, 3.63) is 53.2 Å². The van der Waals surface area contributed by atoms with E-state index in [4.69, 9.17) is 5.11 Å². The minimum absolute atomic E-state index is 0.0432. The van der Waals surface area contributed by atoms with Crippen LogP contribution in [0.4, 0.5) is 0 Å². The van der Waals surface area contributed by atoms with E-state index < -0.39 is 0 Å². The molecule has 0 saturated heterocycles. The van der Waals surface area contributed by atoms with Crippen molar-refractivity contribution in [2.75, 3.05) is 0 Å². The SMILES string of the molecule is Cc1ccc(Sc2ccc(CO)cn2)c(C)c1. The van der Waals surface area contributed by atoms with E-state index >= 15 is 0 Å². The third-order valence-electron chi connectivity index (χ3n) is 2.53. The molecule has 0 radical (unpaired) electrons. The zero-order valence-electron chi connectivity index (χ0n) is 9.97. The van der Waals surface area contributed by atoms with Crippen molar-refractivity contribution in [2.45, 2.75) is 30.4 Å². The van der Waals surface area contributed by atoms with Gasteiger partial charge in [-0.2, -0.15) is 0 Å². The Labute approximate surface area is 106 Å². The number of hydrogen-bond acceptors (Lipinski definition) is 3. The van der Waals surface area contributed by atoms with Crippen LogP contribution in [0.2, 0.25) is 0 Å². The van der Waals surface area contributed by atoms with Gasteiger partial charge in [-0.15, -0.1) is 0 Å². The maximum atomic E-state index is 8.95. The highest BCUT2D eigenvalue weighted by atomic mass is 32.2. The maximum Gasteiger partial charge on any atom is 0.101 e. The van der Waals surface area contributed by atoms with Crippen molar-refractivity contribution in [2.24, 2.45) is 0 Å². The Hall–Kier alpha value is -1.32. The van der Waals surface area contributed by atoms with E-state index in [-0.39, 0.29) is 6.61 Å². The van der Waals surface area contributed by atoms with Crippen LogP contribution in [0, 0.1) is 13.8 Å². The first-order valence-corrected chi connectivity index (χ1v) is 6.31. The van der Waals surface area contributed by atoms with Crippen LogP contribution in [0.15, 0.2) is 46.5 Å². The molecule has 0 aliphatic carbocycles. The molecule has 88 valence electrons. The molecule has 3 heteroatoms. The third-order valence-corrected chi connectivity index (χ3v) is 3.65. The Morgan fingerprint density at radius 2 is 2.00 bits per heavy atom. The third kappa shape index (κ3) is 3.08. The summed E-state index contributed by atoms with van der Waals surface area (Å²) in [6.45, 7) is 4.24. The van der Waals surface area contributed by atoms with E-state index in [9.17, 15) is 0 Å². The molecule has 0 saturated carbocycles. The first kappa shape index (κ1) is 12.1. The lowest BCUT2D eigenvalue weighted by atomic mass is 10.2. The van der Waals surface area contributed by atoms with Crippen molar-refractivity contribution < 1.29 is 5.11 Å². The van der Waals surface area contributed by atoms with Crippen molar-refractivity contribution in [1.29, 1.82) is 0 Å². The van der Waals surface area contributed by atoms with E-state index in [1.54, 1.807) is 18.0 Å². The fraction of sp³-hybridized carbons (Fsp3) is 0.214. The normalized spacial score (nSPS) is 10.5. The van der Waals surface area contributed by atoms with Gasteiger partial charge in [-0.1, -0.05) is 35.5 Å². The standard InChI is InChI=1S/C14H15NOS/c1-10-3-5-13(11(2)7-10)17-14-6-4-12(9-16)8-15-14/h3-8,16H,9H2,1-2H3. The summed E-state index contributed by atoms with van der Waals surface area (Å²) < 4.78 is 0. The largest absolute Gasteiger partial charge is 0.392 e. The maximum absolute atomic E-state index is 8.95. The van der Waals surface area contributed by atoms with Crippen LogP contribution in [-0.4, -0.2) is 10.1 Å². The highest BCUT2D eigenvalue weighted by molar-refractivity contribution is 7.99. The van der Waals surface area contributed by atoms with Gasteiger partial charge in [0.2, 0.25) is 0 Å². The molecule has 0 spiro atoms. The fourth-order valence-electron chi connectivity index (χ4n) is 1.59. The van der Waals surface area contributed by atoms with Gasteiger partial charge in [-0.3, -0.25) is 0 Å². The molecule has 0 atom stereocenters. The summed E-state index contributed by atoms with van der Waals surface area (Å²) in [7, 11) is 0. The van der Waals surface area contributed by atoms with Crippen molar-refractivity contribution in [3.63, 3.8) is 0 Å². The van der Waals surface area contributed by atoms with Crippen LogP contribution in [0.1, 0.15) is 16.7 Å². The summed E-state index contributed by atoms with van der Waals surface area (Å²) in [6.07, 6.45) is 1.71. The molecule has 0 bridgehead atoms. The highest BCUT2D eigenvalue weighted by Gasteiger charge is 2.02. The van der Waals surface area contributed by atoms with Crippen LogP contribution in [-0.2, 0) is 6.61 Å². The zero-order valence-corrected chi connectivity index (χ0v) is 10.8. The van der Waals surface area contributed by atoms with Crippen molar-refractivity contribution >= 4 is 11.8 Å². The summed E-state index contributed by atoms with van der Waals surface area (Å²) in [5, 5.41) is 9.90. The number of hydrogen-bond donors (Lipinski definition) is 1. The Kier molecular flexibility index (Phi) is 3.82. The minimum Gasteiger partial charge on any atom is -0.392 e. The first-order valence-electron chi connectivity index (χ1n) is 5.50. The number of aryl methyl sites for hydroxylation is 2. The lowest BCUT2D eigenvalue weighted by molar-refractivity contribution is 0.281. The van der Waals surface area contributed by atoms with Gasteiger partial charge in [-0.05, 0) is 37.1 Å². The summed E-state index contributed by atoms with van der Waals surface area (Å²) in [4.78, 5) is 5.53. The Morgan fingerprint density at radius 3 is 2.59 bits per heavy atom. The van der Waals surface area contributed by atoms with Crippen LogP contribution in [0.25, 0.3) is 0 Å². The Balaban J connectivity index is 2.19. The number of aromatic nitrogens is 1. The van der Waals surface area contributed by atoms with Crippen LogP contribution < -0.4 is 0 Å². The zero-order chi connectivity index (χ0) is 12.3. The molecule has 1 N–H and O–H groups in total. The second-order valence-corrected chi connectivity index (χ2v) is 5.10. The second-order valence-electron chi connectivity index (χ2n) is 4.03. The number of benzene rings is 1. The number of pyridine rings is 1. The molecule has 17 heavy (non-hydrogen) atoms. The summed E-state index contributed by atoms with van der Waals surface area (Å²) in [6, 6.07) is 10.2. The fourth-order valence-corrected chi connectivity index (χ4v) is 2.41. The van der Waals surface area contributed by atoms with Gasteiger partial charge in [0.05, 0.1) is 6.61 Å². The molecule has 0 amide bonds. The smallest absolute Gasteiger partial charge is 0.101 e. The quantitative estimate of drug-likeness (QED) is 0.900. The van der Waals surface area contributed by atoms with Crippen molar-refractivity contribution in [3.8, 4) is 0 Å². The van der Waals surface area contributed by atoms with Gasteiger partial charge in [0.1, 0.15) is 5.03 Å².